The molecule has 0 bridgehead atoms. The summed E-state index contributed by atoms with van der Waals surface area (Å²) in [7, 11) is 1.98. The van der Waals surface area contributed by atoms with Crippen molar-refractivity contribution in [3.05, 3.63) is 69.4 Å². The number of nitrogens with zero attached hydrogens (tertiary/aromatic N) is 1. The standard InChI is InChI=1S/C16H17BrFN3/c1-21(10-12-4-2-3-5-15(12)17)9-11-6-7-13(18)8-14(11)16(19)20/h2-8H,9-10H2,1H3,(H3,19,20). The van der Waals surface area contributed by atoms with Gasteiger partial charge in [-0.3, -0.25) is 10.3 Å². The maximum absolute atomic E-state index is 13.3. The number of hydrogen-bond donors (Lipinski definition) is 2. The normalized spacial score (nSPS) is 10.9. The maximum Gasteiger partial charge on any atom is 0.123 e. The Hall–Kier alpha value is -1.72. The number of nitrogen functional groups attached to an aromatic ring is 1. The van der Waals surface area contributed by atoms with Gasteiger partial charge in [0, 0.05) is 23.1 Å². The van der Waals surface area contributed by atoms with Crippen LogP contribution in [0.1, 0.15) is 16.7 Å². The fraction of sp³-hybridized carbons (Fsp3) is 0.188. The highest BCUT2D eigenvalue weighted by molar-refractivity contribution is 9.10. The fourth-order valence-electron chi connectivity index (χ4n) is 2.20. The Kier molecular flexibility index (Phi) is 5.09. The molecule has 2 aromatic carbocycles. The Balaban J connectivity index is 2.15. The number of nitrogens with one attached hydrogen (secondary N) is 1. The SMILES string of the molecule is CN(Cc1ccccc1Br)Cc1ccc(F)cc1C(=N)N. The zero-order valence-corrected chi connectivity index (χ0v) is 13.3. The van der Waals surface area contributed by atoms with Crippen LogP contribution in [0, 0.1) is 11.2 Å². The molecule has 0 radical (unpaired) electrons. The molecule has 0 saturated carbocycles. The van der Waals surface area contributed by atoms with Gasteiger partial charge in [-0.2, -0.15) is 0 Å². The van der Waals surface area contributed by atoms with Crippen LogP contribution in [0.15, 0.2) is 46.9 Å². The first-order valence-corrected chi connectivity index (χ1v) is 7.31. The molecule has 0 saturated heterocycles. The first-order chi connectivity index (χ1) is 9.97. The van der Waals surface area contributed by atoms with Crippen molar-refractivity contribution in [3.8, 4) is 0 Å². The lowest BCUT2D eigenvalue weighted by Gasteiger charge is -2.19. The van der Waals surface area contributed by atoms with E-state index in [4.69, 9.17) is 11.1 Å². The lowest BCUT2D eigenvalue weighted by atomic mass is 10.1. The highest BCUT2D eigenvalue weighted by Gasteiger charge is 2.10. The van der Waals surface area contributed by atoms with Gasteiger partial charge in [0.05, 0.1) is 0 Å². The summed E-state index contributed by atoms with van der Waals surface area (Å²) < 4.78 is 14.3. The minimum Gasteiger partial charge on any atom is -0.384 e. The quantitative estimate of drug-likeness (QED) is 0.641. The molecule has 0 aromatic heterocycles. The Labute approximate surface area is 132 Å². The van der Waals surface area contributed by atoms with Crippen molar-refractivity contribution in [2.75, 3.05) is 7.05 Å². The molecule has 3 nitrogen and oxygen atoms in total. The summed E-state index contributed by atoms with van der Waals surface area (Å²) >= 11 is 3.53. The van der Waals surface area contributed by atoms with Crippen molar-refractivity contribution < 1.29 is 4.39 Å². The third kappa shape index (κ3) is 4.12. The van der Waals surface area contributed by atoms with E-state index in [0.717, 1.165) is 16.6 Å². The summed E-state index contributed by atoms with van der Waals surface area (Å²) in [6, 6.07) is 12.4. The summed E-state index contributed by atoms with van der Waals surface area (Å²) in [4.78, 5) is 2.10. The number of nitrogens with two attached hydrogens (primary N) is 1. The molecule has 0 aliphatic carbocycles. The molecule has 2 aromatic rings. The smallest absolute Gasteiger partial charge is 0.123 e. The Morgan fingerprint density at radius 1 is 1.19 bits per heavy atom. The van der Waals surface area contributed by atoms with Gasteiger partial charge < -0.3 is 5.73 Å². The van der Waals surface area contributed by atoms with Crippen molar-refractivity contribution in [2.24, 2.45) is 5.73 Å². The van der Waals surface area contributed by atoms with Gasteiger partial charge in [-0.15, -0.1) is 0 Å². The summed E-state index contributed by atoms with van der Waals surface area (Å²) in [6.07, 6.45) is 0. The van der Waals surface area contributed by atoms with E-state index < -0.39 is 0 Å². The van der Waals surface area contributed by atoms with Gasteiger partial charge in [0.25, 0.3) is 0 Å². The molecule has 0 atom stereocenters. The van der Waals surface area contributed by atoms with Gasteiger partial charge in [0.15, 0.2) is 0 Å². The number of halogens is 2. The molecule has 0 heterocycles. The molecule has 0 aliphatic heterocycles. The molecule has 110 valence electrons. The van der Waals surface area contributed by atoms with Crippen molar-refractivity contribution in [2.45, 2.75) is 13.1 Å². The van der Waals surface area contributed by atoms with Gasteiger partial charge in [0.2, 0.25) is 0 Å². The molecule has 0 spiro atoms. The second kappa shape index (κ2) is 6.83. The molecule has 3 N–H and O–H groups in total. The Morgan fingerprint density at radius 2 is 1.86 bits per heavy atom. The lowest BCUT2D eigenvalue weighted by Crippen LogP contribution is -2.21. The Morgan fingerprint density at radius 3 is 2.52 bits per heavy atom. The van der Waals surface area contributed by atoms with Gasteiger partial charge in [-0.05, 0) is 36.4 Å². The first kappa shape index (κ1) is 15.7. The van der Waals surface area contributed by atoms with Gasteiger partial charge in [0.1, 0.15) is 11.7 Å². The van der Waals surface area contributed by atoms with E-state index in [1.54, 1.807) is 6.07 Å². The fourth-order valence-corrected chi connectivity index (χ4v) is 2.61. The third-order valence-electron chi connectivity index (χ3n) is 3.20. The first-order valence-electron chi connectivity index (χ1n) is 6.52. The van der Waals surface area contributed by atoms with Crippen LogP contribution in [0.2, 0.25) is 0 Å². The van der Waals surface area contributed by atoms with Crippen LogP contribution in [0.5, 0.6) is 0 Å². The zero-order chi connectivity index (χ0) is 15.4. The van der Waals surface area contributed by atoms with E-state index in [9.17, 15) is 4.39 Å². The molecule has 21 heavy (non-hydrogen) atoms. The van der Waals surface area contributed by atoms with E-state index in [1.807, 2.05) is 25.2 Å². The van der Waals surface area contributed by atoms with Crippen molar-refractivity contribution in [1.82, 2.24) is 4.90 Å². The third-order valence-corrected chi connectivity index (χ3v) is 3.97. The summed E-state index contributed by atoms with van der Waals surface area (Å²) in [5.74, 6) is -0.490. The van der Waals surface area contributed by atoms with Crippen LogP contribution in [-0.2, 0) is 13.1 Å². The van der Waals surface area contributed by atoms with E-state index in [1.165, 1.54) is 17.7 Å². The summed E-state index contributed by atoms with van der Waals surface area (Å²) in [5.41, 5.74) is 8.00. The number of rotatable bonds is 5. The molecular weight excluding hydrogens is 333 g/mol. The highest BCUT2D eigenvalue weighted by Crippen LogP contribution is 2.19. The van der Waals surface area contributed by atoms with Crippen molar-refractivity contribution in [1.29, 1.82) is 5.41 Å². The topological polar surface area (TPSA) is 53.1 Å². The van der Waals surface area contributed by atoms with E-state index in [2.05, 4.69) is 26.9 Å². The summed E-state index contributed by atoms with van der Waals surface area (Å²) in [5, 5.41) is 7.56. The minimum atomic E-state index is -0.377. The maximum atomic E-state index is 13.3. The zero-order valence-electron chi connectivity index (χ0n) is 11.7. The predicted molar refractivity (Wildman–Crippen MR) is 86.7 cm³/mol. The largest absolute Gasteiger partial charge is 0.384 e. The van der Waals surface area contributed by atoms with E-state index >= 15 is 0 Å². The average molecular weight is 350 g/mol. The molecular formula is C16H17BrFN3. The van der Waals surface area contributed by atoms with Gasteiger partial charge in [-0.25, -0.2) is 4.39 Å². The number of amidine groups is 1. The van der Waals surface area contributed by atoms with Crippen LogP contribution in [0.3, 0.4) is 0 Å². The second-order valence-electron chi connectivity index (χ2n) is 4.98. The molecule has 2 rings (SSSR count). The van der Waals surface area contributed by atoms with Gasteiger partial charge >= 0.3 is 0 Å². The molecule has 0 unspecified atom stereocenters. The summed E-state index contributed by atoms with van der Waals surface area (Å²) in [6.45, 7) is 1.34. The van der Waals surface area contributed by atoms with E-state index in [0.29, 0.717) is 12.1 Å². The number of benzene rings is 2. The molecule has 0 aliphatic rings. The molecule has 0 amide bonds. The minimum absolute atomic E-state index is 0.112. The number of hydrogen-bond acceptors (Lipinski definition) is 2. The predicted octanol–water partition coefficient (Wildman–Crippen LogP) is 3.50. The van der Waals surface area contributed by atoms with Gasteiger partial charge in [-0.1, -0.05) is 40.2 Å². The van der Waals surface area contributed by atoms with Crippen LogP contribution in [-0.4, -0.2) is 17.8 Å². The second-order valence-corrected chi connectivity index (χ2v) is 5.83. The van der Waals surface area contributed by atoms with Crippen molar-refractivity contribution >= 4 is 21.8 Å². The molecule has 0 fully saturated rings. The van der Waals surface area contributed by atoms with Crippen LogP contribution in [0.25, 0.3) is 0 Å². The average Bonchev–Trinajstić information content (AvgIpc) is 2.43. The highest BCUT2D eigenvalue weighted by atomic mass is 79.9. The molecule has 5 heteroatoms. The van der Waals surface area contributed by atoms with E-state index in [-0.39, 0.29) is 11.7 Å². The monoisotopic (exact) mass is 349 g/mol. The van der Waals surface area contributed by atoms with Crippen LogP contribution >= 0.6 is 15.9 Å². The van der Waals surface area contributed by atoms with Crippen LogP contribution < -0.4 is 5.73 Å². The van der Waals surface area contributed by atoms with Crippen molar-refractivity contribution in [3.63, 3.8) is 0 Å². The van der Waals surface area contributed by atoms with Crippen LogP contribution in [0.4, 0.5) is 4.39 Å². The lowest BCUT2D eigenvalue weighted by molar-refractivity contribution is 0.318. The Bertz CT molecular complexity index is 658.